The Labute approximate surface area is 274 Å². The highest BCUT2D eigenvalue weighted by Gasteiger charge is 2.25. The fourth-order valence-electron chi connectivity index (χ4n) is 4.58. The van der Waals surface area contributed by atoms with E-state index >= 15 is 0 Å². The summed E-state index contributed by atoms with van der Waals surface area (Å²) in [6.45, 7) is 4.30. The van der Waals surface area contributed by atoms with E-state index in [9.17, 15) is 19.5 Å². The highest BCUT2D eigenvalue weighted by molar-refractivity contribution is 5.70. The second kappa shape index (κ2) is 28.7. The van der Waals surface area contributed by atoms with Crippen molar-refractivity contribution >= 4 is 17.9 Å². The van der Waals surface area contributed by atoms with Crippen molar-refractivity contribution in [3.8, 4) is 0 Å². The van der Waals surface area contributed by atoms with E-state index in [0.717, 1.165) is 51.4 Å². The molecule has 0 fully saturated rings. The third kappa shape index (κ3) is 27.3. The fourth-order valence-corrected chi connectivity index (χ4v) is 4.58. The van der Waals surface area contributed by atoms with Gasteiger partial charge in [0.15, 0.2) is 6.10 Å². The van der Waals surface area contributed by atoms with E-state index in [4.69, 9.17) is 14.2 Å². The van der Waals surface area contributed by atoms with E-state index in [1.165, 1.54) is 25.7 Å². The summed E-state index contributed by atoms with van der Waals surface area (Å²) in [5.41, 5.74) is 0. The van der Waals surface area contributed by atoms with Crippen LogP contribution >= 0.6 is 0 Å². The number of nitrogens with zero attached hydrogens (tertiary/aromatic N) is 1. The van der Waals surface area contributed by atoms with Crippen LogP contribution in [0, 0.1) is 0 Å². The van der Waals surface area contributed by atoms with Crippen LogP contribution in [0.1, 0.15) is 117 Å². The average molecular weight is 634 g/mol. The van der Waals surface area contributed by atoms with Crippen LogP contribution in [0.3, 0.4) is 0 Å². The summed E-state index contributed by atoms with van der Waals surface area (Å²) in [4.78, 5) is 36.3. The number of carboxylic acids is 1. The Kier molecular flexibility index (Phi) is 27.0. The largest absolute Gasteiger partial charge is 0.544 e. The van der Waals surface area contributed by atoms with E-state index in [-0.39, 0.29) is 43.1 Å². The number of aliphatic carboxylic acids is 1. The molecule has 8 nitrogen and oxygen atoms in total. The number of carboxylic acid groups (broad SMARTS) is 1. The number of likely N-dealkylation sites (N-methyl/N-ethyl adjacent to an activating group) is 1. The molecule has 45 heavy (non-hydrogen) atoms. The van der Waals surface area contributed by atoms with Crippen LogP contribution in [-0.2, 0) is 28.6 Å². The van der Waals surface area contributed by atoms with Crippen molar-refractivity contribution in [1.82, 2.24) is 0 Å². The van der Waals surface area contributed by atoms with Gasteiger partial charge >= 0.3 is 11.9 Å². The molecule has 0 amide bonds. The van der Waals surface area contributed by atoms with Gasteiger partial charge in [0.05, 0.1) is 40.3 Å². The van der Waals surface area contributed by atoms with E-state index in [0.29, 0.717) is 12.8 Å². The van der Waals surface area contributed by atoms with Crippen LogP contribution in [0.4, 0.5) is 0 Å². The Balaban J connectivity index is 4.45. The van der Waals surface area contributed by atoms with Crippen molar-refractivity contribution in [2.45, 2.75) is 129 Å². The number of carbonyl (C=O) groups excluding carboxylic acids is 3. The summed E-state index contributed by atoms with van der Waals surface area (Å²) in [5.74, 6) is -1.85. The number of quaternary nitrogens is 1. The summed E-state index contributed by atoms with van der Waals surface area (Å²) in [7, 11) is 5.35. The zero-order chi connectivity index (χ0) is 33.6. The van der Waals surface area contributed by atoms with Crippen molar-refractivity contribution in [2.75, 3.05) is 41.0 Å². The molecular formula is C37H63NO7. The van der Waals surface area contributed by atoms with Crippen molar-refractivity contribution in [1.29, 1.82) is 0 Å². The first-order valence-electron chi connectivity index (χ1n) is 17.2. The zero-order valence-electron chi connectivity index (χ0n) is 29.0. The lowest BCUT2D eigenvalue weighted by molar-refractivity contribution is -0.889. The molecule has 0 aliphatic rings. The van der Waals surface area contributed by atoms with Crippen molar-refractivity contribution in [3.05, 3.63) is 48.6 Å². The van der Waals surface area contributed by atoms with Crippen molar-refractivity contribution < 1.29 is 38.2 Å². The SMILES string of the molecule is CC/C=C/C/C=C/CCCCCCCCCC(=O)OCC(COCCC(C(=O)[O-])[N+](C)(C)C)OC(=O)CC/C=C/C/C=C/CC. The van der Waals surface area contributed by atoms with Gasteiger partial charge in [-0.05, 0) is 51.4 Å². The first-order chi connectivity index (χ1) is 21.6. The minimum atomic E-state index is -1.14. The van der Waals surface area contributed by atoms with Gasteiger partial charge in [0, 0.05) is 19.3 Å². The smallest absolute Gasteiger partial charge is 0.306 e. The highest BCUT2D eigenvalue weighted by Crippen LogP contribution is 2.12. The molecule has 0 rings (SSSR count). The van der Waals surface area contributed by atoms with E-state index in [1.807, 2.05) is 12.2 Å². The van der Waals surface area contributed by atoms with Gasteiger partial charge in [-0.3, -0.25) is 9.59 Å². The van der Waals surface area contributed by atoms with Gasteiger partial charge in [-0.2, -0.15) is 0 Å². The number of ether oxygens (including phenoxy) is 3. The Morgan fingerprint density at radius 1 is 0.667 bits per heavy atom. The van der Waals surface area contributed by atoms with Crippen LogP contribution in [-0.4, -0.2) is 75.5 Å². The first kappa shape index (κ1) is 42.3. The fraction of sp³-hybridized carbons (Fsp3) is 0.703. The highest BCUT2D eigenvalue weighted by atomic mass is 16.6. The monoisotopic (exact) mass is 633 g/mol. The maximum Gasteiger partial charge on any atom is 0.306 e. The average Bonchev–Trinajstić information content (AvgIpc) is 2.98. The molecule has 0 aliphatic carbocycles. The molecule has 0 radical (unpaired) electrons. The predicted octanol–water partition coefficient (Wildman–Crippen LogP) is 6.79. The maximum absolute atomic E-state index is 12.5. The molecule has 0 N–H and O–H groups in total. The second-order valence-electron chi connectivity index (χ2n) is 12.3. The molecule has 0 spiro atoms. The van der Waals surface area contributed by atoms with Gasteiger partial charge < -0.3 is 28.6 Å². The van der Waals surface area contributed by atoms with Gasteiger partial charge in [0.25, 0.3) is 0 Å². The van der Waals surface area contributed by atoms with Crippen LogP contribution in [0.25, 0.3) is 0 Å². The number of carbonyl (C=O) groups is 3. The Bertz CT molecular complexity index is 886. The second-order valence-corrected chi connectivity index (χ2v) is 12.3. The quantitative estimate of drug-likeness (QED) is 0.0387. The van der Waals surface area contributed by atoms with Gasteiger partial charge in [0.2, 0.25) is 0 Å². The van der Waals surface area contributed by atoms with E-state index in [2.05, 4.69) is 50.3 Å². The standard InChI is InChI=1S/C37H63NO7/c1-6-8-10-12-14-15-16-17-18-19-20-22-23-25-27-35(39)44-32-33(31-43-30-29-34(37(41)42)38(3,4)5)45-36(40)28-26-24-21-13-11-9-7-2/h8-11,14-15,21,24,33-34H,6-7,12-13,16-20,22-23,25-32H2,1-5H3/b10-8+,11-9+,15-14+,24-21+. The lowest BCUT2D eigenvalue weighted by atomic mass is 10.1. The predicted molar refractivity (Wildman–Crippen MR) is 180 cm³/mol. The minimum Gasteiger partial charge on any atom is -0.544 e. The minimum absolute atomic E-state index is 0.0132. The Hall–Kier alpha value is -2.71. The number of esters is 2. The van der Waals surface area contributed by atoms with Gasteiger partial charge in [-0.25, -0.2) is 0 Å². The lowest BCUT2D eigenvalue weighted by Gasteiger charge is -2.34. The molecule has 0 bridgehead atoms. The maximum atomic E-state index is 12.5. The summed E-state index contributed by atoms with van der Waals surface area (Å²) >= 11 is 0. The molecule has 258 valence electrons. The molecule has 2 unspecified atom stereocenters. The molecule has 0 saturated heterocycles. The summed E-state index contributed by atoms with van der Waals surface area (Å²) in [5, 5.41) is 11.5. The van der Waals surface area contributed by atoms with Crippen molar-refractivity contribution in [3.63, 3.8) is 0 Å². The molecule has 0 aromatic rings. The number of hydrogen-bond acceptors (Lipinski definition) is 7. The van der Waals surface area contributed by atoms with Crippen molar-refractivity contribution in [2.24, 2.45) is 0 Å². The molecule has 0 aromatic heterocycles. The van der Waals surface area contributed by atoms with Gasteiger partial charge in [-0.1, -0.05) is 94.6 Å². The summed E-state index contributed by atoms with van der Waals surface area (Å²) in [6.07, 6.45) is 30.4. The molecule has 0 heterocycles. The van der Waals surface area contributed by atoms with Crippen LogP contribution in [0.2, 0.25) is 0 Å². The van der Waals surface area contributed by atoms with Crippen LogP contribution in [0.15, 0.2) is 48.6 Å². The Morgan fingerprint density at radius 2 is 1.22 bits per heavy atom. The normalized spacial score (nSPS) is 13.7. The summed E-state index contributed by atoms with van der Waals surface area (Å²) in [6, 6.07) is -0.733. The lowest BCUT2D eigenvalue weighted by Crippen LogP contribution is -2.55. The summed E-state index contributed by atoms with van der Waals surface area (Å²) < 4.78 is 16.9. The number of unbranched alkanes of at least 4 members (excludes halogenated alkanes) is 7. The molecule has 2 atom stereocenters. The topological polar surface area (TPSA) is 102 Å². The number of hydrogen-bond donors (Lipinski definition) is 0. The molecule has 0 aliphatic heterocycles. The number of allylic oxidation sites excluding steroid dienone is 8. The van der Waals surface area contributed by atoms with Crippen LogP contribution < -0.4 is 5.11 Å². The number of rotatable bonds is 29. The van der Waals surface area contributed by atoms with Crippen LogP contribution in [0.5, 0.6) is 0 Å². The van der Waals surface area contributed by atoms with Gasteiger partial charge in [0.1, 0.15) is 12.6 Å². The van der Waals surface area contributed by atoms with E-state index < -0.39 is 24.1 Å². The third-order valence-corrected chi connectivity index (χ3v) is 7.22. The Morgan fingerprint density at radius 3 is 1.80 bits per heavy atom. The third-order valence-electron chi connectivity index (χ3n) is 7.22. The van der Waals surface area contributed by atoms with Gasteiger partial charge in [-0.15, -0.1) is 0 Å². The molecular weight excluding hydrogens is 570 g/mol. The molecule has 0 aromatic carbocycles. The molecule has 8 heteroatoms. The zero-order valence-corrected chi connectivity index (χ0v) is 29.0. The molecule has 0 saturated carbocycles. The first-order valence-corrected chi connectivity index (χ1v) is 17.2. The van der Waals surface area contributed by atoms with E-state index in [1.54, 1.807) is 21.1 Å².